The molecular weight excluding hydrogens is 358 g/mol. The van der Waals surface area contributed by atoms with E-state index in [1.165, 1.54) is 49.9 Å². The average Bonchev–Trinajstić information content (AvgIpc) is 2.89. The molecule has 2 aromatic carbocycles. The topological polar surface area (TPSA) is 37.3 Å². The van der Waals surface area contributed by atoms with Crippen molar-refractivity contribution in [2.75, 3.05) is 13.1 Å². The number of nitrogens with one attached hydrogen (secondary N) is 1. The van der Waals surface area contributed by atoms with Crippen LogP contribution >= 0.6 is 0 Å². The number of carbonyl (C=O) groups is 1. The van der Waals surface area contributed by atoms with Gasteiger partial charge in [0.05, 0.1) is 6.42 Å². The predicted molar refractivity (Wildman–Crippen MR) is 119 cm³/mol. The van der Waals surface area contributed by atoms with Crippen LogP contribution in [-0.4, -0.2) is 28.5 Å². The average molecular weight is 390 g/mol. The van der Waals surface area contributed by atoms with Gasteiger partial charge in [0.2, 0.25) is 5.91 Å². The Labute approximate surface area is 173 Å². The van der Waals surface area contributed by atoms with E-state index in [2.05, 4.69) is 57.4 Å². The SMILES string of the molecule is Cn1cc(CC(=O)NCc2ccccc2CN2CCCCCC2)c2ccccc21. The Bertz CT molecular complexity index is 967. The normalized spacial score (nSPS) is 15.3. The largest absolute Gasteiger partial charge is 0.352 e. The number of carbonyl (C=O) groups excluding carboxylic acids is 1. The van der Waals surface area contributed by atoms with Crippen molar-refractivity contribution in [3.05, 3.63) is 71.4 Å². The number of likely N-dealkylation sites (tertiary alicyclic amines) is 1. The smallest absolute Gasteiger partial charge is 0.224 e. The summed E-state index contributed by atoms with van der Waals surface area (Å²) in [4.78, 5) is 15.2. The van der Waals surface area contributed by atoms with Gasteiger partial charge in [0.1, 0.15) is 0 Å². The molecule has 4 rings (SSSR count). The second-order valence-electron chi connectivity index (χ2n) is 8.19. The summed E-state index contributed by atoms with van der Waals surface area (Å²) in [6, 6.07) is 16.8. The van der Waals surface area contributed by atoms with Crippen LogP contribution in [0.1, 0.15) is 42.4 Å². The van der Waals surface area contributed by atoms with Gasteiger partial charge in [-0.25, -0.2) is 0 Å². The lowest BCUT2D eigenvalue weighted by molar-refractivity contribution is -0.120. The van der Waals surface area contributed by atoms with Crippen LogP contribution in [0.2, 0.25) is 0 Å². The molecule has 0 spiro atoms. The molecule has 1 aliphatic heterocycles. The highest BCUT2D eigenvalue weighted by atomic mass is 16.1. The first-order valence-electron chi connectivity index (χ1n) is 10.8. The molecule has 0 radical (unpaired) electrons. The first-order valence-corrected chi connectivity index (χ1v) is 10.8. The number of benzene rings is 2. The minimum absolute atomic E-state index is 0.0749. The highest BCUT2D eigenvalue weighted by Gasteiger charge is 2.13. The zero-order valence-corrected chi connectivity index (χ0v) is 17.4. The second kappa shape index (κ2) is 9.27. The molecule has 152 valence electrons. The molecule has 29 heavy (non-hydrogen) atoms. The third-order valence-corrected chi connectivity index (χ3v) is 6.02. The number of para-hydroxylation sites is 1. The zero-order valence-electron chi connectivity index (χ0n) is 17.4. The Hall–Kier alpha value is -2.59. The van der Waals surface area contributed by atoms with E-state index in [-0.39, 0.29) is 5.91 Å². The first kappa shape index (κ1) is 19.7. The standard InChI is InChI=1S/C25H31N3O/c1-27-18-22(23-12-6-7-13-24(23)27)16-25(29)26-17-20-10-4-5-11-21(20)19-28-14-8-2-3-9-15-28/h4-7,10-13,18H,2-3,8-9,14-17,19H2,1H3,(H,26,29). The van der Waals surface area contributed by atoms with E-state index in [0.29, 0.717) is 13.0 Å². The predicted octanol–water partition coefficient (Wildman–Crippen LogP) is 4.41. The monoisotopic (exact) mass is 389 g/mol. The molecule has 2 heterocycles. The highest BCUT2D eigenvalue weighted by Crippen LogP contribution is 2.21. The van der Waals surface area contributed by atoms with Crippen molar-refractivity contribution in [3.63, 3.8) is 0 Å². The Morgan fingerprint density at radius 3 is 2.38 bits per heavy atom. The van der Waals surface area contributed by atoms with Crippen molar-refractivity contribution >= 4 is 16.8 Å². The van der Waals surface area contributed by atoms with Crippen molar-refractivity contribution in [1.82, 2.24) is 14.8 Å². The molecule has 0 saturated carbocycles. The lowest BCUT2D eigenvalue weighted by Crippen LogP contribution is -2.27. The Morgan fingerprint density at radius 2 is 1.59 bits per heavy atom. The quantitative estimate of drug-likeness (QED) is 0.678. The van der Waals surface area contributed by atoms with Crippen LogP contribution < -0.4 is 5.32 Å². The summed E-state index contributed by atoms with van der Waals surface area (Å²) in [6.45, 7) is 3.94. The first-order chi connectivity index (χ1) is 14.2. The molecule has 0 aliphatic carbocycles. The molecule has 4 nitrogen and oxygen atoms in total. The second-order valence-corrected chi connectivity index (χ2v) is 8.19. The third-order valence-electron chi connectivity index (χ3n) is 6.02. The van der Waals surface area contributed by atoms with Crippen LogP contribution in [0.3, 0.4) is 0 Å². The van der Waals surface area contributed by atoms with Crippen molar-refractivity contribution in [2.24, 2.45) is 7.05 Å². The van der Waals surface area contributed by atoms with Crippen molar-refractivity contribution in [1.29, 1.82) is 0 Å². The maximum absolute atomic E-state index is 12.7. The number of hydrogen-bond acceptors (Lipinski definition) is 2. The van der Waals surface area contributed by atoms with Crippen molar-refractivity contribution in [3.8, 4) is 0 Å². The van der Waals surface area contributed by atoms with Gasteiger partial charge in [-0.2, -0.15) is 0 Å². The minimum Gasteiger partial charge on any atom is -0.352 e. The summed E-state index contributed by atoms with van der Waals surface area (Å²) in [5, 5.41) is 4.30. The number of fused-ring (bicyclic) bond motifs is 1. The summed E-state index contributed by atoms with van der Waals surface area (Å²) < 4.78 is 2.09. The van der Waals surface area contributed by atoms with Gasteiger partial charge >= 0.3 is 0 Å². The minimum atomic E-state index is 0.0749. The third kappa shape index (κ3) is 4.88. The summed E-state index contributed by atoms with van der Waals surface area (Å²) in [7, 11) is 2.03. The van der Waals surface area contributed by atoms with Crippen LogP contribution in [0.5, 0.6) is 0 Å². The van der Waals surface area contributed by atoms with E-state index >= 15 is 0 Å². The fourth-order valence-corrected chi connectivity index (χ4v) is 4.42. The molecule has 1 aromatic heterocycles. The Kier molecular flexibility index (Phi) is 6.30. The molecule has 0 atom stereocenters. The number of rotatable bonds is 6. The van der Waals surface area contributed by atoms with Crippen LogP contribution in [0.4, 0.5) is 0 Å². The molecule has 3 aromatic rings. The van der Waals surface area contributed by atoms with Crippen LogP contribution in [0.25, 0.3) is 10.9 Å². The van der Waals surface area contributed by atoms with E-state index in [1.54, 1.807) is 0 Å². The molecule has 1 fully saturated rings. The summed E-state index contributed by atoms with van der Waals surface area (Å²) in [5.74, 6) is 0.0749. The molecule has 1 aliphatic rings. The molecule has 0 unspecified atom stereocenters. The lowest BCUT2D eigenvalue weighted by atomic mass is 10.1. The Balaban J connectivity index is 1.39. The van der Waals surface area contributed by atoms with Gasteiger partial charge in [-0.05, 0) is 48.7 Å². The van der Waals surface area contributed by atoms with Gasteiger partial charge in [0.15, 0.2) is 0 Å². The van der Waals surface area contributed by atoms with Gasteiger partial charge in [0.25, 0.3) is 0 Å². The molecule has 1 N–H and O–H groups in total. The molecule has 1 amide bonds. The number of aryl methyl sites for hydroxylation is 1. The summed E-state index contributed by atoms with van der Waals surface area (Å²) in [5.41, 5.74) is 4.81. The van der Waals surface area contributed by atoms with Gasteiger partial charge in [-0.3, -0.25) is 9.69 Å². The molecule has 0 bridgehead atoms. The van der Waals surface area contributed by atoms with Crippen molar-refractivity contribution < 1.29 is 4.79 Å². The molecule has 4 heteroatoms. The van der Waals surface area contributed by atoms with Gasteiger partial charge in [-0.1, -0.05) is 55.3 Å². The number of aromatic nitrogens is 1. The highest BCUT2D eigenvalue weighted by molar-refractivity contribution is 5.89. The van der Waals surface area contributed by atoms with Gasteiger partial charge in [0, 0.05) is 37.2 Å². The lowest BCUT2D eigenvalue weighted by Gasteiger charge is -2.21. The van der Waals surface area contributed by atoms with Crippen LogP contribution in [0.15, 0.2) is 54.7 Å². The summed E-state index contributed by atoms with van der Waals surface area (Å²) >= 11 is 0. The summed E-state index contributed by atoms with van der Waals surface area (Å²) in [6.07, 6.45) is 7.77. The maximum atomic E-state index is 12.7. The number of nitrogens with zero attached hydrogens (tertiary/aromatic N) is 2. The van der Waals surface area contributed by atoms with E-state index < -0.39 is 0 Å². The van der Waals surface area contributed by atoms with Crippen molar-refractivity contribution in [2.45, 2.75) is 45.2 Å². The zero-order chi connectivity index (χ0) is 20.1. The van der Waals surface area contributed by atoms with Crippen LogP contribution in [-0.2, 0) is 31.4 Å². The Morgan fingerprint density at radius 1 is 0.897 bits per heavy atom. The number of hydrogen-bond donors (Lipinski definition) is 1. The van der Waals surface area contributed by atoms with Gasteiger partial charge in [-0.15, -0.1) is 0 Å². The van der Waals surface area contributed by atoms with Crippen LogP contribution in [0, 0.1) is 0 Å². The van der Waals surface area contributed by atoms with Gasteiger partial charge < -0.3 is 9.88 Å². The van der Waals surface area contributed by atoms with E-state index in [4.69, 9.17) is 0 Å². The fourth-order valence-electron chi connectivity index (χ4n) is 4.42. The van der Waals surface area contributed by atoms with E-state index in [9.17, 15) is 4.79 Å². The van der Waals surface area contributed by atoms with E-state index in [0.717, 1.165) is 23.0 Å². The maximum Gasteiger partial charge on any atom is 0.224 e. The molecular formula is C25H31N3O. The molecule has 1 saturated heterocycles. The van der Waals surface area contributed by atoms with E-state index in [1.807, 2.05) is 19.2 Å². The fraction of sp³-hybridized carbons (Fsp3) is 0.400. The number of amides is 1.